The van der Waals surface area contributed by atoms with Gasteiger partial charge in [0.25, 0.3) is 0 Å². The Balaban J connectivity index is 1.68. The van der Waals surface area contributed by atoms with Gasteiger partial charge in [0.2, 0.25) is 0 Å². The number of H-pyrrole nitrogens is 1. The summed E-state index contributed by atoms with van der Waals surface area (Å²) in [5, 5.41) is 0. The van der Waals surface area contributed by atoms with Crippen LogP contribution in [0.3, 0.4) is 0 Å². The molecule has 0 bridgehead atoms. The number of nitrogens with one attached hydrogen (secondary N) is 1. The number of nitrogens with zero attached hydrogens (tertiary/aromatic N) is 2. The second-order valence-corrected chi connectivity index (χ2v) is 5.80. The number of likely N-dealkylation sites (tertiary alicyclic amines) is 1. The van der Waals surface area contributed by atoms with E-state index in [4.69, 9.17) is 0 Å². The molecule has 0 saturated carbocycles. The molecule has 0 aliphatic carbocycles. The zero-order valence-corrected chi connectivity index (χ0v) is 12.1. The third kappa shape index (κ3) is 3.47. The molecule has 112 valence electrons. The highest BCUT2D eigenvalue weighted by Gasteiger charge is 2.23. The van der Waals surface area contributed by atoms with Crippen LogP contribution in [0.5, 0.6) is 0 Å². The molecule has 0 radical (unpaired) electrons. The minimum Gasteiger partial charge on any atom is -0.346 e. The number of rotatable bonds is 3. The van der Waals surface area contributed by atoms with Crippen molar-refractivity contribution in [3.8, 4) is 0 Å². The number of aryl methyl sites for hydroxylation is 1. The predicted octanol–water partition coefficient (Wildman–Crippen LogP) is 3.38. The van der Waals surface area contributed by atoms with E-state index < -0.39 is 11.6 Å². The Labute approximate surface area is 123 Å². The van der Waals surface area contributed by atoms with Gasteiger partial charge in [-0.25, -0.2) is 13.8 Å². The van der Waals surface area contributed by atoms with E-state index in [1.165, 1.54) is 12.1 Å². The van der Waals surface area contributed by atoms with Gasteiger partial charge in [-0.15, -0.1) is 0 Å². The van der Waals surface area contributed by atoms with Crippen LogP contribution in [0.4, 0.5) is 8.78 Å². The van der Waals surface area contributed by atoms with Crippen molar-refractivity contribution in [1.82, 2.24) is 14.9 Å². The molecule has 1 aliphatic heterocycles. The smallest absolute Gasteiger partial charge is 0.126 e. The molecule has 1 saturated heterocycles. The highest BCUT2D eigenvalue weighted by molar-refractivity contribution is 5.18. The molecule has 3 nitrogen and oxygen atoms in total. The van der Waals surface area contributed by atoms with Crippen LogP contribution in [0.1, 0.15) is 35.8 Å². The van der Waals surface area contributed by atoms with Crippen LogP contribution < -0.4 is 0 Å². The Morgan fingerprint density at radius 3 is 2.71 bits per heavy atom. The molecule has 1 aromatic carbocycles. The largest absolute Gasteiger partial charge is 0.346 e. The third-order valence-corrected chi connectivity index (χ3v) is 3.94. The summed E-state index contributed by atoms with van der Waals surface area (Å²) in [5.41, 5.74) is 1.75. The summed E-state index contributed by atoms with van der Waals surface area (Å²) < 4.78 is 26.5. The van der Waals surface area contributed by atoms with Crippen LogP contribution >= 0.6 is 0 Å². The number of piperidine rings is 1. The van der Waals surface area contributed by atoms with Crippen molar-refractivity contribution in [2.75, 3.05) is 13.1 Å². The maximum absolute atomic E-state index is 13.3. The third-order valence-electron chi connectivity index (χ3n) is 3.94. The number of benzene rings is 1. The van der Waals surface area contributed by atoms with Gasteiger partial charge in [0.15, 0.2) is 0 Å². The number of hydrogen-bond donors (Lipinski definition) is 1. The lowest BCUT2D eigenvalue weighted by atomic mass is 9.97. The first-order valence-corrected chi connectivity index (χ1v) is 7.29. The van der Waals surface area contributed by atoms with E-state index in [1.54, 1.807) is 0 Å². The molecule has 0 spiro atoms. The molecule has 1 atom stereocenters. The second kappa shape index (κ2) is 5.93. The van der Waals surface area contributed by atoms with Crippen LogP contribution in [0.2, 0.25) is 0 Å². The average molecular weight is 291 g/mol. The summed E-state index contributed by atoms with van der Waals surface area (Å²) in [5.74, 6) is 0.355. The van der Waals surface area contributed by atoms with Crippen molar-refractivity contribution in [2.24, 2.45) is 0 Å². The van der Waals surface area contributed by atoms with Crippen molar-refractivity contribution in [2.45, 2.75) is 32.2 Å². The van der Waals surface area contributed by atoms with Crippen LogP contribution in [0.25, 0.3) is 0 Å². The van der Waals surface area contributed by atoms with Gasteiger partial charge in [-0.1, -0.05) is 0 Å². The van der Waals surface area contributed by atoms with Gasteiger partial charge in [0.05, 0.1) is 0 Å². The van der Waals surface area contributed by atoms with Crippen molar-refractivity contribution in [3.63, 3.8) is 0 Å². The first-order valence-electron chi connectivity index (χ1n) is 7.29. The maximum atomic E-state index is 13.3. The summed E-state index contributed by atoms with van der Waals surface area (Å²) in [6.45, 7) is 4.39. The molecule has 1 N–H and O–H groups in total. The minimum absolute atomic E-state index is 0.367. The molecule has 1 fully saturated rings. The van der Waals surface area contributed by atoms with E-state index in [1.807, 2.05) is 13.1 Å². The first-order chi connectivity index (χ1) is 10.1. The molecular formula is C16H19F2N3. The lowest BCUT2D eigenvalue weighted by Gasteiger charge is -2.31. The van der Waals surface area contributed by atoms with E-state index in [0.29, 0.717) is 18.0 Å². The number of aromatic amines is 1. The average Bonchev–Trinajstić information content (AvgIpc) is 2.84. The standard InChI is InChI=1S/C16H19F2N3/c1-11-8-19-16(20-11)13-3-2-4-21(10-13)9-12-5-14(17)7-15(18)6-12/h5-8,13H,2-4,9-10H2,1H3,(H,19,20)/t13-/m0/s1. The van der Waals surface area contributed by atoms with E-state index in [-0.39, 0.29) is 0 Å². The zero-order chi connectivity index (χ0) is 14.8. The molecule has 3 rings (SSSR count). The number of halogens is 2. The summed E-state index contributed by atoms with van der Waals surface area (Å²) in [4.78, 5) is 9.93. The van der Waals surface area contributed by atoms with Crippen molar-refractivity contribution >= 4 is 0 Å². The second-order valence-electron chi connectivity index (χ2n) is 5.80. The van der Waals surface area contributed by atoms with Gasteiger partial charge in [-0.2, -0.15) is 0 Å². The van der Waals surface area contributed by atoms with Crippen LogP contribution in [-0.4, -0.2) is 28.0 Å². The van der Waals surface area contributed by atoms with Crippen molar-refractivity contribution in [1.29, 1.82) is 0 Å². The molecular weight excluding hydrogens is 272 g/mol. The Bertz CT molecular complexity index is 603. The molecule has 2 aromatic rings. The lowest BCUT2D eigenvalue weighted by Crippen LogP contribution is -2.34. The van der Waals surface area contributed by atoms with Crippen LogP contribution in [-0.2, 0) is 6.54 Å². The van der Waals surface area contributed by atoms with Gasteiger partial charge < -0.3 is 4.98 Å². The van der Waals surface area contributed by atoms with Gasteiger partial charge in [-0.05, 0) is 44.0 Å². The molecule has 5 heteroatoms. The van der Waals surface area contributed by atoms with E-state index in [9.17, 15) is 8.78 Å². The minimum atomic E-state index is -0.514. The summed E-state index contributed by atoms with van der Waals surface area (Å²) in [7, 11) is 0. The number of imidazole rings is 1. The fourth-order valence-corrected chi connectivity index (χ4v) is 3.02. The Kier molecular flexibility index (Phi) is 4.01. The quantitative estimate of drug-likeness (QED) is 0.940. The fraction of sp³-hybridized carbons (Fsp3) is 0.438. The zero-order valence-electron chi connectivity index (χ0n) is 12.1. The van der Waals surface area contributed by atoms with Crippen LogP contribution in [0.15, 0.2) is 24.4 Å². The summed E-state index contributed by atoms with van der Waals surface area (Å²) >= 11 is 0. The molecule has 1 aliphatic rings. The first kappa shape index (κ1) is 14.2. The SMILES string of the molecule is Cc1cnc([C@H]2CCCN(Cc3cc(F)cc(F)c3)C2)[nH]1. The van der Waals surface area contributed by atoms with Gasteiger partial charge in [0.1, 0.15) is 17.5 Å². The predicted molar refractivity (Wildman–Crippen MR) is 76.9 cm³/mol. The molecule has 1 aromatic heterocycles. The van der Waals surface area contributed by atoms with Gasteiger partial charge in [-0.3, -0.25) is 4.90 Å². The topological polar surface area (TPSA) is 31.9 Å². The van der Waals surface area contributed by atoms with Crippen molar-refractivity contribution in [3.05, 3.63) is 53.1 Å². The molecule has 0 unspecified atom stereocenters. The Morgan fingerprint density at radius 1 is 1.29 bits per heavy atom. The van der Waals surface area contributed by atoms with Crippen LogP contribution in [0, 0.1) is 18.6 Å². The Hall–Kier alpha value is -1.75. The maximum Gasteiger partial charge on any atom is 0.126 e. The monoisotopic (exact) mass is 291 g/mol. The van der Waals surface area contributed by atoms with Crippen molar-refractivity contribution < 1.29 is 8.78 Å². The summed E-state index contributed by atoms with van der Waals surface area (Å²) in [6, 6.07) is 3.72. The van der Waals surface area contributed by atoms with E-state index in [2.05, 4.69) is 14.9 Å². The number of aromatic nitrogens is 2. The normalized spacial score (nSPS) is 19.9. The molecule has 21 heavy (non-hydrogen) atoms. The van der Waals surface area contributed by atoms with E-state index in [0.717, 1.165) is 43.5 Å². The highest BCUT2D eigenvalue weighted by Crippen LogP contribution is 2.26. The number of hydrogen-bond acceptors (Lipinski definition) is 2. The fourth-order valence-electron chi connectivity index (χ4n) is 3.02. The lowest BCUT2D eigenvalue weighted by molar-refractivity contribution is 0.196. The summed E-state index contributed by atoms with van der Waals surface area (Å²) in [6.07, 6.45) is 4.01. The van der Waals surface area contributed by atoms with Gasteiger partial charge in [0, 0.05) is 37.0 Å². The Morgan fingerprint density at radius 2 is 2.05 bits per heavy atom. The molecule has 0 amide bonds. The van der Waals surface area contributed by atoms with Gasteiger partial charge >= 0.3 is 0 Å². The molecule has 2 heterocycles. The highest BCUT2D eigenvalue weighted by atomic mass is 19.1. The van der Waals surface area contributed by atoms with E-state index >= 15 is 0 Å².